The summed E-state index contributed by atoms with van der Waals surface area (Å²) in [5.41, 5.74) is -1.37. The van der Waals surface area contributed by atoms with Crippen molar-refractivity contribution >= 4 is 12.0 Å². The Morgan fingerprint density at radius 2 is 1.81 bits per heavy atom. The Balaban J connectivity index is 1.97. The van der Waals surface area contributed by atoms with Gasteiger partial charge in [0, 0.05) is 13.0 Å². The first kappa shape index (κ1) is 24.4. The molecule has 4 atom stereocenters. The van der Waals surface area contributed by atoms with E-state index in [0.717, 1.165) is 6.07 Å². The summed E-state index contributed by atoms with van der Waals surface area (Å²) >= 11 is 0. The van der Waals surface area contributed by atoms with Crippen molar-refractivity contribution < 1.29 is 33.0 Å². The van der Waals surface area contributed by atoms with E-state index in [4.69, 9.17) is 9.47 Å². The molecule has 2 saturated heterocycles. The first-order valence-electron chi connectivity index (χ1n) is 10.8. The van der Waals surface area contributed by atoms with E-state index >= 15 is 0 Å². The molecule has 2 aliphatic rings. The number of carbonyl (C=O) groups excluding carboxylic acids is 2. The molecule has 0 saturated carbocycles. The minimum Gasteiger partial charge on any atom is -0.444 e. The number of benzene rings is 1. The van der Waals surface area contributed by atoms with Gasteiger partial charge in [-0.2, -0.15) is 0 Å². The molecule has 3 rings (SSSR count). The minimum absolute atomic E-state index is 0.0707. The summed E-state index contributed by atoms with van der Waals surface area (Å²) in [4.78, 5) is 28.4. The highest BCUT2D eigenvalue weighted by molar-refractivity contribution is 5.75. The molecule has 7 nitrogen and oxygen atoms in total. The number of aliphatic hydroxyl groups excluding tert-OH is 1. The molecule has 2 aliphatic heterocycles. The number of ether oxygens (including phenoxy) is 2. The number of nitrogens with zero attached hydrogens (tertiary/aromatic N) is 2. The number of aliphatic hydroxyl groups is 1. The normalized spacial score (nSPS) is 27.7. The van der Waals surface area contributed by atoms with Crippen molar-refractivity contribution in [1.82, 2.24) is 9.80 Å². The van der Waals surface area contributed by atoms with Gasteiger partial charge in [0.15, 0.2) is 0 Å². The second-order valence-electron chi connectivity index (χ2n) is 10.1. The van der Waals surface area contributed by atoms with E-state index in [9.17, 15) is 23.5 Å². The lowest BCUT2D eigenvalue weighted by atomic mass is 9.94. The number of amides is 2. The highest BCUT2D eigenvalue weighted by atomic mass is 19.1. The van der Waals surface area contributed by atoms with E-state index in [0.29, 0.717) is 5.56 Å². The Morgan fingerprint density at radius 3 is 2.34 bits per heavy atom. The molecule has 2 amide bonds. The molecular weight excluding hydrogens is 422 g/mol. The zero-order chi connectivity index (χ0) is 24.0. The number of β-amino-alcohol motifs (C(OH)–C–C–N with tert-alkyl or cyclic N) is 1. The lowest BCUT2D eigenvalue weighted by Gasteiger charge is -2.34. The van der Waals surface area contributed by atoms with Crippen molar-refractivity contribution in [2.45, 2.75) is 90.0 Å². The Kier molecular flexibility index (Phi) is 6.55. The van der Waals surface area contributed by atoms with Crippen LogP contribution in [0.2, 0.25) is 0 Å². The molecule has 178 valence electrons. The predicted molar refractivity (Wildman–Crippen MR) is 113 cm³/mol. The van der Waals surface area contributed by atoms with E-state index in [1.54, 1.807) is 39.5 Å². The van der Waals surface area contributed by atoms with Crippen LogP contribution in [0.4, 0.5) is 13.6 Å². The fraction of sp³-hybridized carbons (Fsp3) is 0.652. The largest absolute Gasteiger partial charge is 0.444 e. The van der Waals surface area contributed by atoms with Crippen LogP contribution in [-0.4, -0.2) is 69.1 Å². The van der Waals surface area contributed by atoms with Gasteiger partial charge in [0.2, 0.25) is 5.91 Å². The van der Waals surface area contributed by atoms with Crippen molar-refractivity contribution in [1.29, 1.82) is 0 Å². The summed E-state index contributed by atoms with van der Waals surface area (Å²) in [7, 11) is 0. The maximum absolute atomic E-state index is 13.8. The lowest BCUT2D eigenvalue weighted by Crippen LogP contribution is -2.52. The third kappa shape index (κ3) is 5.20. The molecule has 0 spiro atoms. The molecular formula is C23H32F2N2O5. The zero-order valence-electron chi connectivity index (χ0n) is 19.4. The van der Waals surface area contributed by atoms with Crippen molar-refractivity contribution in [2.75, 3.05) is 6.54 Å². The topological polar surface area (TPSA) is 79.3 Å². The average molecular weight is 455 g/mol. The van der Waals surface area contributed by atoms with Crippen molar-refractivity contribution in [3.05, 3.63) is 35.4 Å². The van der Waals surface area contributed by atoms with Crippen LogP contribution in [0.1, 0.15) is 53.5 Å². The summed E-state index contributed by atoms with van der Waals surface area (Å²) in [6.45, 7) is 10.2. The number of rotatable bonds is 3. The van der Waals surface area contributed by atoms with Gasteiger partial charge in [0.25, 0.3) is 0 Å². The molecule has 1 N–H and O–H groups in total. The molecule has 0 radical (unpaired) electrons. The van der Waals surface area contributed by atoms with E-state index in [-0.39, 0.29) is 25.3 Å². The van der Waals surface area contributed by atoms with Gasteiger partial charge in [-0.1, -0.05) is 0 Å². The van der Waals surface area contributed by atoms with Gasteiger partial charge in [0.05, 0.1) is 24.7 Å². The third-order valence-corrected chi connectivity index (χ3v) is 5.75. The summed E-state index contributed by atoms with van der Waals surface area (Å²) < 4.78 is 39.4. The van der Waals surface area contributed by atoms with Crippen LogP contribution in [0.15, 0.2) is 18.2 Å². The molecule has 32 heavy (non-hydrogen) atoms. The SMILES string of the molecule is CC(=O)N1C(Cc2cc(F)cc(F)c2)C(C2CC(O)CN2C(=O)OC(C)(C)C)OC1(C)C. The molecule has 9 heteroatoms. The smallest absolute Gasteiger partial charge is 0.410 e. The first-order chi connectivity index (χ1) is 14.7. The van der Waals surface area contributed by atoms with Gasteiger partial charge >= 0.3 is 6.09 Å². The quantitative estimate of drug-likeness (QED) is 0.759. The predicted octanol–water partition coefficient (Wildman–Crippen LogP) is 3.23. The molecule has 2 heterocycles. The van der Waals surface area contributed by atoms with E-state index in [1.165, 1.54) is 24.0 Å². The van der Waals surface area contributed by atoms with Gasteiger partial charge < -0.3 is 19.5 Å². The van der Waals surface area contributed by atoms with Crippen LogP contribution in [0.5, 0.6) is 0 Å². The number of carbonyl (C=O) groups is 2. The summed E-state index contributed by atoms with van der Waals surface area (Å²) in [5, 5.41) is 10.3. The maximum atomic E-state index is 13.8. The zero-order valence-corrected chi connectivity index (χ0v) is 19.4. The fourth-order valence-corrected chi connectivity index (χ4v) is 4.82. The molecule has 1 aromatic carbocycles. The number of halogens is 2. The second-order valence-corrected chi connectivity index (χ2v) is 10.1. The van der Waals surface area contributed by atoms with E-state index in [1.807, 2.05) is 0 Å². The summed E-state index contributed by atoms with van der Waals surface area (Å²) in [5.74, 6) is -1.69. The van der Waals surface area contributed by atoms with E-state index in [2.05, 4.69) is 0 Å². The van der Waals surface area contributed by atoms with E-state index < -0.39 is 53.3 Å². The summed E-state index contributed by atoms with van der Waals surface area (Å²) in [6.07, 6.45) is -1.70. The Labute approximate surface area is 187 Å². The van der Waals surface area contributed by atoms with Crippen LogP contribution in [0, 0.1) is 11.6 Å². The number of likely N-dealkylation sites (tertiary alicyclic amines) is 1. The Bertz CT molecular complexity index is 865. The van der Waals surface area contributed by atoms with Gasteiger partial charge in [-0.15, -0.1) is 0 Å². The van der Waals surface area contributed by atoms with Gasteiger partial charge in [-0.3, -0.25) is 9.69 Å². The molecule has 0 bridgehead atoms. The molecule has 4 unspecified atom stereocenters. The molecule has 0 aromatic heterocycles. The third-order valence-electron chi connectivity index (χ3n) is 5.75. The number of hydrogen-bond acceptors (Lipinski definition) is 5. The van der Waals surface area contributed by atoms with Crippen molar-refractivity contribution in [2.24, 2.45) is 0 Å². The van der Waals surface area contributed by atoms with Gasteiger partial charge in [0.1, 0.15) is 29.1 Å². The first-order valence-corrected chi connectivity index (χ1v) is 10.8. The lowest BCUT2D eigenvalue weighted by molar-refractivity contribution is -0.145. The molecule has 1 aromatic rings. The highest BCUT2D eigenvalue weighted by Gasteiger charge is 2.55. The monoisotopic (exact) mass is 454 g/mol. The maximum Gasteiger partial charge on any atom is 0.410 e. The molecule has 2 fully saturated rings. The molecule has 0 aliphatic carbocycles. The van der Waals surface area contributed by atoms with Crippen LogP contribution in [0.3, 0.4) is 0 Å². The fourth-order valence-electron chi connectivity index (χ4n) is 4.82. The van der Waals surface area contributed by atoms with Crippen LogP contribution >= 0.6 is 0 Å². The minimum atomic E-state index is -1.01. The van der Waals surface area contributed by atoms with Gasteiger partial charge in [-0.05, 0) is 65.2 Å². The highest BCUT2D eigenvalue weighted by Crippen LogP contribution is 2.39. The summed E-state index contributed by atoms with van der Waals surface area (Å²) in [6, 6.07) is 2.05. The second kappa shape index (κ2) is 8.59. The standard InChI is InChI=1S/C23H32F2N2O5/c1-13(28)27-19(9-14-7-15(24)10-16(25)8-14)20(31-23(27,5)6)18-11-17(29)12-26(18)21(30)32-22(2,3)4/h7-8,10,17-20,29H,9,11-12H2,1-6H3. The van der Waals surface area contributed by atoms with Gasteiger partial charge in [-0.25, -0.2) is 13.6 Å². The Morgan fingerprint density at radius 1 is 1.22 bits per heavy atom. The van der Waals surface area contributed by atoms with Crippen LogP contribution < -0.4 is 0 Å². The van der Waals surface area contributed by atoms with Crippen LogP contribution in [-0.2, 0) is 20.7 Å². The van der Waals surface area contributed by atoms with Crippen LogP contribution in [0.25, 0.3) is 0 Å². The Hall–Kier alpha value is -2.26. The number of hydrogen-bond donors (Lipinski definition) is 1. The average Bonchev–Trinajstić information content (AvgIpc) is 3.09. The van der Waals surface area contributed by atoms with Crippen molar-refractivity contribution in [3.8, 4) is 0 Å². The van der Waals surface area contributed by atoms with Crippen molar-refractivity contribution in [3.63, 3.8) is 0 Å².